The van der Waals surface area contributed by atoms with Gasteiger partial charge in [-0.15, -0.1) is 15.0 Å². The summed E-state index contributed by atoms with van der Waals surface area (Å²) in [5.41, 5.74) is 1.36. The number of rotatable bonds is 2. The zero-order chi connectivity index (χ0) is 14.3. The van der Waals surface area contributed by atoms with E-state index in [9.17, 15) is 13.5 Å². The lowest BCUT2D eigenvalue weighted by atomic mass is 10.3. The second kappa shape index (κ2) is 4.31. The van der Waals surface area contributed by atoms with Gasteiger partial charge in [0, 0.05) is 6.26 Å². The smallest absolute Gasteiger partial charge is 0.175 e. The average Bonchev–Trinajstić information content (AvgIpc) is 2.80. The summed E-state index contributed by atoms with van der Waals surface area (Å²) in [5.74, 6) is 0.0207. The van der Waals surface area contributed by atoms with E-state index in [4.69, 9.17) is 0 Å². The second-order valence-electron chi connectivity index (χ2n) is 4.33. The van der Waals surface area contributed by atoms with Gasteiger partial charge in [-0.05, 0) is 36.4 Å². The Kier molecular flexibility index (Phi) is 2.72. The first-order valence-electron chi connectivity index (χ1n) is 5.72. The van der Waals surface area contributed by atoms with Crippen molar-refractivity contribution in [2.75, 3.05) is 6.26 Å². The van der Waals surface area contributed by atoms with Gasteiger partial charge in [0.1, 0.15) is 22.5 Å². The molecule has 1 heterocycles. The van der Waals surface area contributed by atoms with Gasteiger partial charge in [0.15, 0.2) is 9.84 Å². The van der Waals surface area contributed by atoms with Crippen LogP contribution in [0.1, 0.15) is 0 Å². The molecule has 2 aromatic carbocycles. The fourth-order valence-electron chi connectivity index (χ4n) is 1.81. The molecule has 0 aliphatic rings. The van der Waals surface area contributed by atoms with E-state index in [0.717, 1.165) is 6.26 Å². The first-order chi connectivity index (χ1) is 9.45. The quantitative estimate of drug-likeness (QED) is 0.769. The molecule has 3 rings (SSSR count). The summed E-state index contributed by atoms with van der Waals surface area (Å²) in [6.45, 7) is 0. The largest absolute Gasteiger partial charge is 0.506 e. The number of hydrogen-bond donors (Lipinski definition) is 1. The summed E-state index contributed by atoms with van der Waals surface area (Å²) in [7, 11) is -3.29. The van der Waals surface area contributed by atoms with Crippen LogP contribution in [0, 0.1) is 6.07 Å². The molecule has 0 spiro atoms. The maximum absolute atomic E-state index is 11.5. The van der Waals surface area contributed by atoms with Gasteiger partial charge in [0.2, 0.25) is 0 Å². The lowest BCUT2D eigenvalue weighted by molar-refractivity contribution is 0.467. The van der Waals surface area contributed by atoms with Crippen LogP contribution >= 0.6 is 0 Å². The normalized spacial score (nSPS) is 11.8. The van der Waals surface area contributed by atoms with Crippen molar-refractivity contribution in [3.63, 3.8) is 0 Å². The molecule has 101 valence electrons. The summed E-state index contributed by atoms with van der Waals surface area (Å²) < 4.78 is 23.0. The van der Waals surface area contributed by atoms with Crippen LogP contribution in [0.5, 0.6) is 5.75 Å². The number of phenols is 1. The minimum atomic E-state index is -3.29. The van der Waals surface area contributed by atoms with Gasteiger partial charge in [0.05, 0.1) is 4.90 Å². The molecule has 0 aliphatic heterocycles. The van der Waals surface area contributed by atoms with Crippen molar-refractivity contribution in [2.45, 2.75) is 4.90 Å². The molecule has 0 amide bonds. The molecule has 20 heavy (non-hydrogen) atoms. The monoisotopic (exact) mass is 288 g/mol. The Morgan fingerprint density at radius 2 is 1.95 bits per heavy atom. The molecule has 0 unspecified atom stereocenters. The standard InChI is InChI=1S/C13H10N3O3S/c1-20(18,19)9-6-7-10-11(8-9)15-16(14-10)12-4-2-3-5-13(12)17/h3-8,17H,1H3. The van der Waals surface area contributed by atoms with Gasteiger partial charge < -0.3 is 5.11 Å². The van der Waals surface area contributed by atoms with Crippen LogP contribution in [-0.2, 0) is 9.84 Å². The van der Waals surface area contributed by atoms with E-state index < -0.39 is 9.84 Å². The Morgan fingerprint density at radius 3 is 2.65 bits per heavy atom. The van der Waals surface area contributed by atoms with E-state index in [1.807, 2.05) is 0 Å². The highest BCUT2D eigenvalue weighted by Crippen LogP contribution is 2.21. The number of aromatic nitrogens is 3. The van der Waals surface area contributed by atoms with Gasteiger partial charge in [-0.1, -0.05) is 6.07 Å². The van der Waals surface area contributed by atoms with Gasteiger partial charge in [-0.3, -0.25) is 0 Å². The average molecular weight is 288 g/mol. The van der Waals surface area contributed by atoms with E-state index in [-0.39, 0.29) is 10.6 Å². The topological polar surface area (TPSA) is 85.1 Å². The van der Waals surface area contributed by atoms with Crippen molar-refractivity contribution in [1.82, 2.24) is 15.0 Å². The van der Waals surface area contributed by atoms with E-state index in [1.54, 1.807) is 18.2 Å². The summed E-state index contributed by atoms with van der Waals surface area (Å²) >= 11 is 0. The van der Waals surface area contributed by atoms with Crippen LogP contribution in [0.4, 0.5) is 0 Å². The van der Waals surface area contributed by atoms with Crippen molar-refractivity contribution in [3.8, 4) is 11.4 Å². The van der Waals surface area contributed by atoms with E-state index >= 15 is 0 Å². The fourth-order valence-corrected chi connectivity index (χ4v) is 2.45. The molecule has 0 saturated carbocycles. The maximum Gasteiger partial charge on any atom is 0.175 e. The fraction of sp³-hybridized carbons (Fsp3) is 0.0769. The predicted octanol–water partition coefficient (Wildman–Crippen LogP) is 1.33. The minimum Gasteiger partial charge on any atom is -0.506 e. The highest BCUT2D eigenvalue weighted by molar-refractivity contribution is 7.90. The number of aromatic hydroxyl groups is 1. The van der Waals surface area contributed by atoms with Crippen molar-refractivity contribution in [3.05, 3.63) is 42.5 Å². The number of fused-ring (bicyclic) bond motifs is 1. The highest BCUT2D eigenvalue weighted by Gasteiger charge is 2.12. The Morgan fingerprint density at radius 1 is 1.20 bits per heavy atom. The maximum atomic E-state index is 11.5. The summed E-state index contributed by atoms with van der Waals surface area (Å²) in [6.07, 6.45) is 1.14. The summed E-state index contributed by atoms with van der Waals surface area (Å²) in [6, 6.07) is 11.9. The van der Waals surface area contributed by atoms with Gasteiger partial charge in [-0.2, -0.15) is 0 Å². The third-order valence-corrected chi connectivity index (χ3v) is 3.93. The molecule has 0 saturated heterocycles. The van der Waals surface area contributed by atoms with Crippen molar-refractivity contribution in [2.24, 2.45) is 0 Å². The lowest BCUT2D eigenvalue weighted by Crippen LogP contribution is -1.98. The number of sulfone groups is 1. The van der Waals surface area contributed by atoms with Crippen LogP contribution < -0.4 is 0 Å². The second-order valence-corrected chi connectivity index (χ2v) is 6.34. The third-order valence-electron chi connectivity index (χ3n) is 2.82. The minimum absolute atomic E-state index is 0.0207. The van der Waals surface area contributed by atoms with Crippen molar-refractivity contribution >= 4 is 20.9 Å². The molecule has 1 aromatic heterocycles. The molecule has 7 heteroatoms. The highest BCUT2D eigenvalue weighted by atomic mass is 32.2. The van der Waals surface area contributed by atoms with Crippen LogP contribution in [0.15, 0.2) is 41.3 Å². The Labute approximate surface area is 115 Å². The van der Waals surface area contributed by atoms with Gasteiger partial charge in [-0.25, -0.2) is 8.42 Å². The van der Waals surface area contributed by atoms with E-state index in [0.29, 0.717) is 16.7 Å². The third kappa shape index (κ3) is 2.12. The zero-order valence-corrected chi connectivity index (χ0v) is 11.3. The van der Waals surface area contributed by atoms with Crippen molar-refractivity contribution < 1.29 is 13.5 Å². The van der Waals surface area contributed by atoms with E-state index in [2.05, 4.69) is 16.3 Å². The van der Waals surface area contributed by atoms with Crippen LogP contribution in [0.2, 0.25) is 0 Å². The molecule has 0 aliphatic carbocycles. The zero-order valence-electron chi connectivity index (χ0n) is 10.5. The number of nitrogens with zero attached hydrogens (tertiary/aromatic N) is 3. The van der Waals surface area contributed by atoms with Crippen LogP contribution in [0.25, 0.3) is 16.7 Å². The van der Waals surface area contributed by atoms with E-state index in [1.165, 1.54) is 23.0 Å². The Balaban J connectivity index is 2.19. The number of benzene rings is 2. The first-order valence-corrected chi connectivity index (χ1v) is 7.61. The summed E-state index contributed by atoms with van der Waals surface area (Å²) in [5, 5.41) is 18.1. The number of hydrogen-bond acceptors (Lipinski definition) is 5. The Bertz CT molecular complexity index is 900. The molecular weight excluding hydrogens is 278 g/mol. The molecule has 1 N–H and O–H groups in total. The SMILES string of the molecule is CS(=O)(=O)c1ccc2nn(-c3c[c]ccc3O)nc2c1. The predicted molar refractivity (Wildman–Crippen MR) is 72.5 cm³/mol. The molecule has 1 radical (unpaired) electrons. The molecule has 0 fully saturated rings. The molecule has 6 nitrogen and oxygen atoms in total. The van der Waals surface area contributed by atoms with Gasteiger partial charge in [0.25, 0.3) is 0 Å². The van der Waals surface area contributed by atoms with Crippen molar-refractivity contribution in [1.29, 1.82) is 0 Å². The molecule has 0 bridgehead atoms. The first kappa shape index (κ1) is 12.6. The molecular formula is C13H10N3O3S. The van der Waals surface area contributed by atoms with Crippen LogP contribution in [0.3, 0.4) is 0 Å². The number of phenolic OH excluding ortho intramolecular Hbond substituents is 1. The molecule has 0 atom stereocenters. The lowest BCUT2D eigenvalue weighted by Gasteiger charge is -2.00. The summed E-state index contributed by atoms with van der Waals surface area (Å²) in [4.78, 5) is 1.43. The van der Waals surface area contributed by atoms with Crippen LogP contribution in [-0.4, -0.2) is 34.8 Å². The Hall–Kier alpha value is -2.41. The molecule has 3 aromatic rings. The van der Waals surface area contributed by atoms with Gasteiger partial charge >= 0.3 is 0 Å².